The molecule has 2 N–H and O–H groups in total. The molecule has 0 aromatic carbocycles. The predicted molar refractivity (Wildman–Crippen MR) is 63.7 cm³/mol. The quantitative estimate of drug-likeness (QED) is 0.782. The molecule has 6 heteroatoms. The van der Waals surface area contributed by atoms with Gasteiger partial charge in [-0.05, 0) is 25.9 Å². The SMILES string of the molecule is Cn1cc(NC(=O)COC2CCNCC2)cn1. The van der Waals surface area contributed by atoms with Gasteiger partial charge in [-0.1, -0.05) is 0 Å². The van der Waals surface area contributed by atoms with Crippen molar-refractivity contribution in [2.75, 3.05) is 25.0 Å². The van der Waals surface area contributed by atoms with Gasteiger partial charge in [-0.3, -0.25) is 9.48 Å². The Hall–Kier alpha value is -1.40. The summed E-state index contributed by atoms with van der Waals surface area (Å²) in [5.74, 6) is -0.128. The lowest BCUT2D eigenvalue weighted by atomic mass is 10.1. The van der Waals surface area contributed by atoms with Gasteiger partial charge in [-0.2, -0.15) is 5.10 Å². The van der Waals surface area contributed by atoms with Crippen molar-refractivity contribution in [1.82, 2.24) is 15.1 Å². The highest BCUT2D eigenvalue weighted by atomic mass is 16.5. The van der Waals surface area contributed by atoms with E-state index in [1.54, 1.807) is 24.1 Å². The molecule has 94 valence electrons. The normalized spacial score (nSPS) is 17.0. The zero-order chi connectivity index (χ0) is 12.1. The summed E-state index contributed by atoms with van der Waals surface area (Å²) in [5, 5.41) is 9.97. The lowest BCUT2D eigenvalue weighted by molar-refractivity contribution is -0.123. The third-order valence-corrected chi connectivity index (χ3v) is 2.72. The Morgan fingerprint density at radius 1 is 1.65 bits per heavy atom. The molecule has 0 unspecified atom stereocenters. The molecule has 1 amide bonds. The van der Waals surface area contributed by atoms with E-state index in [-0.39, 0.29) is 18.6 Å². The molecule has 2 rings (SSSR count). The van der Waals surface area contributed by atoms with E-state index in [4.69, 9.17) is 4.74 Å². The van der Waals surface area contributed by atoms with E-state index in [0.717, 1.165) is 25.9 Å². The van der Waals surface area contributed by atoms with E-state index in [0.29, 0.717) is 5.69 Å². The topological polar surface area (TPSA) is 68.2 Å². The number of hydrogen-bond acceptors (Lipinski definition) is 4. The van der Waals surface area contributed by atoms with Crippen LogP contribution in [0.25, 0.3) is 0 Å². The molecule has 1 aromatic rings. The molecule has 6 nitrogen and oxygen atoms in total. The number of aromatic nitrogens is 2. The summed E-state index contributed by atoms with van der Waals surface area (Å²) >= 11 is 0. The summed E-state index contributed by atoms with van der Waals surface area (Å²) in [7, 11) is 1.81. The summed E-state index contributed by atoms with van der Waals surface area (Å²) in [5.41, 5.74) is 0.700. The van der Waals surface area contributed by atoms with Crippen LogP contribution in [0.15, 0.2) is 12.4 Å². The first-order valence-corrected chi connectivity index (χ1v) is 5.85. The second-order valence-electron chi connectivity index (χ2n) is 4.21. The molecular weight excluding hydrogens is 220 g/mol. The fourth-order valence-electron chi connectivity index (χ4n) is 1.84. The number of hydrogen-bond donors (Lipinski definition) is 2. The summed E-state index contributed by atoms with van der Waals surface area (Å²) in [4.78, 5) is 11.6. The largest absolute Gasteiger partial charge is 0.368 e. The fourth-order valence-corrected chi connectivity index (χ4v) is 1.84. The number of nitrogens with zero attached hydrogens (tertiary/aromatic N) is 2. The van der Waals surface area contributed by atoms with Crippen molar-refractivity contribution >= 4 is 11.6 Å². The Kier molecular flexibility index (Phi) is 4.11. The number of carbonyl (C=O) groups excluding carboxylic acids is 1. The molecule has 17 heavy (non-hydrogen) atoms. The minimum Gasteiger partial charge on any atom is -0.368 e. The summed E-state index contributed by atoms with van der Waals surface area (Å²) in [6.07, 6.45) is 5.52. The molecule has 0 bridgehead atoms. The number of nitrogens with one attached hydrogen (secondary N) is 2. The molecule has 1 aliphatic heterocycles. The molecular formula is C11H18N4O2. The first-order chi connectivity index (χ1) is 8.24. The van der Waals surface area contributed by atoms with Crippen LogP contribution >= 0.6 is 0 Å². The van der Waals surface area contributed by atoms with Crippen LogP contribution in [0.5, 0.6) is 0 Å². The molecule has 1 aliphatic rings. The number of ether oxygens (including phenoxy) is 1. The summed E-state index contributed by atoms with van der Waals surface area (Å²) in [6, 6.07) is 0. The van der Waals surface area contributed by atoms with Crippen LogP contribution in [0.2, 0.25) is 0 Å². The highest BCUT2D eigenvalue weighted by molar-refractivity contribution is 5.91. The van der Waals surface area contributed by atoms with Crippen LogP contribution in [0.4, 0.5) is 5.69 Å². The summed E-state index contributed by atoms with van der Waals surface area (Å²) < 4.78 is 7.19. The van der Waals surface area contributed by atoms with E-state index in [9.17, 15) is 4.79 Å². The zero-order valence-corrected chi connectivity index (χ0v) is 9.98. The van der Waals surface area contributed by atoms with Gasteiger partial charge >= 0.3 is 0 Å². The Morgan fingerprint density at radius 3 is 3.06 bits per heavy atom. The van der Waals surface area contributed by atoms with Gasteiger partial charge in [-0.25, -0.2) is 0 Å². The minimum atomic E-state index is -0.128. The Labute approximate surface area is 100 Å². The maximum absolute atomic E-state index is 11.6. The lowest BCUT2D eigenvalue weighted by Crippen LogP contribution is -2.34. The first-order valence-electron chi connectivity index (χ1n) is 5.85. The van der Waals surface area contributed by atoms with Crippen molar-refractivity contribution in [3.63, 3.8) is 0 Å². The number of amides is 1. The number of piperidine rings is 1. The molecule has 1 fully saturated rings. The second kappa shape index (κ2) is 5.79. The maximum atomic E-state index is 11.6. The van der Waals surface area contributed by atoms with Gasteiger partial charge in [0.15, 0.2) is 0 Å². The second-order valence-corrected chi connectivity index (χ2v) is 4.21. The van der Waals surface area contributed by atoms with Gasteiger partial charge in [0.25, 0.3) is 0 Å². The molecule has 0 atom stereocenters. The molecule has 0 aliphatic carbocycles. The third kappa shape index (κ3) is 3.83. The van der Waals surface area contributed by atoms with Crippen LogP contribution in [0.1, 0.15) is 12.8 Å². The van der Waals surface area contributed by atoms with Crippen molar-refractivity contribution in [3.05, 3.63) is 12.4 Å². The van der Waals surface area contributed by atoms with Crippen molar-refractivity contribution in [2.45, 2.75) is 18.9 Å². The van der Waals surface area contributed by atoms with Crippen molar-refractivity contribution in [1.29, 1.82) is 0 Å². The van der Waals surface area contributed by atoms with Crippen LogP contribution in [-0.2, 0) is 16.6 Å². The van der Waals surface area contributed by atoms with E-state index in [1.807, 2.05) is 0 Å². The van der Waals surface area contributed by atoms with Crippen molar-refractivity contribution in [3.8, 4) is 0 Å². The van der Waals surface area contributed by atoms with Gasteiger partial charge in [0, 0.05) is 13.2 Å². The zero-order valence-electron chi connectivity index (χ0n) is 9.98. The van der Waals surface area contributed by atoms with Crippen LogP contribution in [-0.4, -0.2) is 41.5 Å². The van der Waals surface area contributed by atoms with Gasteiger partial charge in [-0.15, -0.1) is 0 Å². The predicted octanol–water partition coefficient (Wildman–Crippen LogP) is 0.127. The standard InChI is InChI=1S/C11H18N4O2/c1-15-7-9(6-13-15)14-11(16)8-17-10-2-4-12-5-3-10/h6-7,10,12H,2-5,8H2,1H3,(H,14,16). The maximum Gasteiger partial charge on any atom is 0.250 e. The number of anilines is 1. The van der Waals surface area contributed by atoms with E-state index in [2.05, 4.69) is 15.7 Å². The third-order valence-electron chi connectivity index (χ3n) is 2.72. The highest BCUT2D eigenvalue weighted by Crippen LogP contribution is 2.08. The van der Waals surface area contributed by atoms with E-state index in [1.165, 1.54) is 0 Å². The monoisotopic (exact) mass is 238 g/mol. The van der Waals surface area contributed by atoms with Gasteiger partial charge in [0.1, 0.15) is 6.61 Å². The Morgan fingerprint density at radius 2 is 2.41 bits per heavy atom. The van der Waals surface area contributed by atoms with Crippen LogP contribution < -0.4 is 10.6 Å². The molecule has 2 heterocycles. The minimum absolute atomic E-state index is 0.111. The average molecular weight is 238 g/mol. The Balaban J connectivity index is 1.70. The number of rotatable bonds is 4. The molecule has 0 saturated carbocycles. The summed E-state index contributed by atoms with van der Waals surface area (Å²) in [6.45, 7) is 2.04. The van der Waals surface area contributed by atoms with Gasteiger partial charge in [0.2, 0.25) is 5.91 Å². The van der Waals surface area contributed by atoms with Crippen molar-refractivity contribution in [2.24, 2.45) is 7.05 Å². The molecule has 1 saturated heterocycles. The van der Waals surface area contributed by atoms with E-state index < -0.39 is 0 Å². The fraction of sp³-hybridized carbons (Fsp3) is 0.636. The average Bonchev–Trinajstić information content (AvgIpc) is 2.73. The van der Waals surface area contributed by atoms with Crippen LogP contribution in [0, 0.1) is 0 Å². The van der Waals surface area contributed by atoms with Crippen molar-refractivity contribution < 1.29 is 9.53 Å². The first kappa shape index (κ1) is 12.1. The number of aryl methyl sites for hydroxylation is 1. The highest BCUT2D eigenvalue weighted by Gasteiger charge is 2.14. The van der Waals surface area contributed by atoms with E-state index >= 15 is 0 Å². The lowest BCUT2D eigenvalue weighted by Gasteiger charge is -2.22. The Bertz CT molecular complexity index is 371. The molecule has 0 radical (unpaired) electrons. The van der Waals surface area contributed by atoms with Gasteiger partial charge in [0.05, 0.1) is 18.0 Å². The smallest absolute Gasteiger partial charge is 0.250 e. The molecule has 1 aromatic heterocycles. The van der Waals surface area contributed by atoms with Crippen LogP contribution in [0.3, 0.4) is 0 Å². The van der Waals surface area contributed by atoms with Gasteiger partial charge < -0.3 is 15.4 Å². The molecule has 0 spiro atoms. The number of carbonyl (C=O) groups is 1.